The van der Waals surface area contributed by atoms with Gasteiger partial charge in [0, 0.05) is 19.7 Å². The molecule has 23 heavy (non-hydrogen) atoms. The van der Waals surface area contributed by atoms with Crippen LogP contribution in [0.15, 0.2) is 29.5 Å². The first-order valence-electron chi connectivity index (χ1n) is 7.50. The molecule has 2 aromatic rings. The Hall–Kier alpha value is -2.50. The fourth-order valence-corrected chi connectivity index (χ4v) is 2.58. The van der Waals surface area contributed by atoms with Crippen molar-refractivity contribution in [1.29, 1.82) is 0 Å². The molecular weight excluding hydrogens is 295 g/mol. The van der Waals surface area contributed by atoms with E-state index in [1.165, 1.54) is 12.4 Å². The molecule has 0 aliphatic carbocycles. The lowest BCUT2D eigenvalue weighted by Gasteiger charge is -2.16. The maximum atomic E-state index is 14.3. The Morgan fingerprint density at radius 3 is 2.65 bits per heavy atom. The maximum Gasteiger partial charge on any atom is 0.165 e. The van der Waals surface area contributed by atoms with Crippen LogP contribution in [0.4, 0.5) is 10.2 Å². The molecule has 0 bridgehead atoms. The molecule has 5 nitrogen and oxygen atoms in total. The summed E-state index contributed by atoms with van der Waals surface area (Å²) in [5, 5.41) is 0. The predicted octanol–water partition coefficient (Wildman–Crippen LogP) is 2.82. The number of hydrogen-bond acceptors (Lipinski definition) is 5. The van der Waals surface area contributed by atoms with Crippen molar-refractivity contribution in [2.75, 3.05) is 19.0 Å². The molecule has 120 valence electrons. The van der Waals surface area contributed by atoms with Gasteiger partial charge in [0.25, 0.3) is 0 Å². The zero-order chi connectivity index (χ0) is 16.6. The van der Waals surface area contributed by atoms with E-state index in [9.17, 15) is 4.39 Å². The molecule has 1 aliphatic heterocycles. The smallest absolute Gasteiger partial charge is 0.165 e. The van der Waals surface area contributed by atoms with Gasteiger partial charge in [-0.05, 0) is 32.0 Å². The van der Waals surface area contributed by atoms with Crippen LogP contribution in [0.2, 0.25) is 0 Å². The van der Waals surface area contributed by atoms with Crippen LogP contribution in [0.25, 0.3) is 0 Å². The standard InChI is InChI=1S/C17H19FN4O/c1-10(2)23-14-6-5-11(7-12(14)18)16-15-13(8-19-16)20-9-21-17(15)22(3)4/h5-7,9-10H,8H2,1-4H3. The Bertz CT molecular complexity index is 771. The van der Waals surface area contributed by atoms with Gasteiger partial charge in [0.05, 0.1) is 29.6 Å². The third-order valence-electron chi connectivity index (χ3n) is 3.52. The minimum absolute atomic E-state index is 0.0753. The molecule has 0 saturated carbocycles. The summed E-state index contributed by atoms with van der Waals surface area (Å²) in [5.74, 6) is 0.643. The van der Waals surface area contributed by atoms with Crippen LogP contribution in [-0.2, 0) is 6.54 Å². The summed E-state index contributed by atoms with van der Waals surface area (Å²) in [6.45, 7) is 4.22. The number of aromatic nitrogens is 2. The van der Waals surface area contributed by atoms with Crippen molar-refractivity contribution in [1.82, 2.24) is 9.97 Å². The summed E-state index contributed by atoms with van der Waals surface area (Å²) in [6.07, 6.45) is 1.46. The van der Waals surface area contributed by atoms with E-state index in [1.54, 1.807) is 6.07 Å². The molecule has 0 fully saturated rings. The number of aliphatic imine (C=N–C) groups is 1. The summed E-state index contributed by atoms with van der Waals surface area (Å²) in [6, 6.07) is 4.92. The van der Waals surface area contributed by atoms with Crippen LogP contribution in [-0.4, -0.2) is 35.9 Å². The number of ether oxygens (including phenoxy) is 1. The molecule has 0 saturated heterocycles. The average molecular weight is 314 g/mol. The van der Waals surface area contributed by atoms with E-state index in [1.807, 2.05) is 38.9 Å². The molecule has 1 aromatic heterocycles. The van der Waals surface area contributed by atoms with Crippen molar-refractivity contribution in [2.24, 2.45) is 4.99 Å². The van der Waals surface area contributed by atoms with Crippen molar-refractivity contribution in [3.8, 4) is 5.75 Å². The van der Waals surface area contributed by atoms with Gasteiger partial charge in [-0.15, -0.1) is 0 Å². The second-order valence-corrected chi connectivity index (χ2v) is 5.89. The fraction of sp³-hybridized carbons (Fsp3) is 0.353. The van der Waals surface area contributed by atoms with E-state index in [2.05, 4.69) is 15.0 Å². The SMILES string of the molecule is CC(C)Oc1ccc(C2=NCc3ncnc(N(C)C)c32)cc1F. The number of nitrogens with zero attached hydrogens (tertiary/aromatic N) is 4. The molecular formula is C17H19FN4O. The highest BCUT2D eigenvalue weighted by atomic mass is 19.1. The van der Waals surface area contributed by atoms with Crippen LogP contribution in [0, 0.1) is 5.82 Å². The quantitative estimate of drug-likeness (QED) is 0.871. The molecule has 2 heterocycles. The van der Waals surface area contributed by atoms with Gasteiger partial charge in [0.2, 0.25) is 0 Å². The largest absolute Gasteiger partial charge is 0.488 e. The molecule has 0 spiro atoms. The van der Waals surface area contributed by atoms with E-state index in [4.69, 9.17) is 4.74 Å². The Balaban J connectivity index is 2.02. The molecule has 0 unspecified atom stereocenters. The van der Waals surface area contributed by atoms with Crippen LogP contribution < -0.4 is 9.64 Å². The summed E-state index contributed by atoms with van der Waals surface area (Å²) in [4.78, 5) is 15.0. The van der Waals surface area contributed by atoms with Crippen molar-refractivity contribution in [3.63, 3.8) is 0 Å². The van der Waals surface area contributed by atoms with Crippen LogP contribution in [0.1, 0.15) is 30.7 Å². The number of fused-ring (bicyclic) bond motifs is 1. The molecule has 6 heteroatoms. The van der Waals surface area contributed by atoms with E-state index >= 15 is 0 Å². The van der Waals surface area contributed by atoms with Gasteiger partial charge in [-0.25, -0.2) is 14.4 Å². The first kappa shape index (κ1) is 15.4. The molecule has 0 atom stereocenters. The van der Waals surface area contributed by atoms with Gasteiger partial charge in [-0.3, -0.25) is 4.99 Å². The molecule has 0 amide bonds. The number of benzene rings is 1. The second kappa shape index (κ2) is 5.95. The lowest BCUT2D eigenvalue weighted by atomic mass is 10.0. The van der Waals surface area contributed by atoms with Gasteiger partial charge < -0.3 is 9.64 Å². The third kappa shape index (κ3) is 2.88. The summed E-state index contributed by atoms with van der Waals surface area (Å²) in [7, 11) is 3.83. The van der Waals surface area contributed by atoms with E-state index < -0.39 is 5.82 Å². The van der Waals surface area contributed by atoms with Crippen LogP contribution in [0.5, 0.6) is 5.75 Å². The van der Waals surface area contributed by atoms with Crippen molar-refractivity contribution >= 4 is 11.5 Å². The van der Waals surface area contributed by atoms with Crippen LogP contribution in [0.3, 0.4) is 0 Å². The number of hydrogen-bond donors (Lipinski definition) is 0. The zero-order valence-electron chi connectivity index (χ0n) is 13.7. The van der Waals surface area contributed by atoms with Crippen molar-refractivity contribution in [3.05, 3.63) is 47.2 Å². The van der Waals surface area contributed by atoms with E-state index in [0.717, 1.165) is 22.8 Å². The van der Waals surface area contributed by atoms with Gasteiger partial charge >= 0.3 is 0 Å². The Labute approximate surface area is 134 Å². The van der Waals surface area contributed by atoms with Gasteiger partial charge in [0.15, 0.2) is 11.6 Å². The minimum atomic E-state index is -0.393. The number of halogens is 1. The predicted molar refractivity (Wildman–Crippen MR) is 87.9 cm³/mol. The Kier molecular flexibility index (Phi) is 3.98. The normalized spacial score (nSPS) is 13.0. The molecule has 0 radical (unpaired) electrons. The minimum Gasteiger partial charge on any atom is -0.488 e. The highest BCUT2D eigenvalue weighted by Crippen LogP contribution is 2.29. The Morgan fingerprint density at radius 2 is 2.00 bits per heavy atom. The van der Waals surface area contributed by atoms with E-state index in [0.29, 0.717) is 12.1 Å². The Morgan fingerprint density at radius 1 is 1.22 bits per heavy atom. The first-order chi connectivity index (χ1) is 11.0. The average Bonchev–Trinajstić information content (AvgIpc) is 2.92. The van der Waals surface area contributed by atoms with Crippen LogP contribution >= 0.6 is 0 Å². The summed E-state index contributed by atoms with van der Waals surface area (Å²) >= 11 is 0. The van der Waals surface area contributed by atoms with Crippen molar-refractivity contribution in [2.45, 2.75) is 26.5 Å². The molecule has 1 aromatic carbocycles. The van der Waals surface area contributed by atoms with Gasteiger partial charge in [0.1, 0.15) is 12.1 Å². The lowest BCUT2D eigenvalue weighted by molar-refractivity contribution is 0.231. The van der Waals surface area contributed by atoms with Crippen molar-refractivity contribution < 1.29 is 9.13 Å². The highest BCUT2D eigenvalue weighted by molar-refractivity contribution is 6.17. The monoisotopic (exact) mass is 314 g/mol. The highest BCUT2D eigenvalue weighted by Gasteiger charge is 2.25. The lowest BCUT2D eigenvalue weighted by Crippen LogP contribution is -2.17. The fourth-order valence-electron chi connectivity index (χ4n) is 2.58. The number of rotatable bonds is 4. The molecule has 0 N–H and O–H groups in total. The third-order valence-corrected chi connectivity index (χ3v) is 3.52. The van der Waals surface area contributed by atoms with Gasteiger partial charge in [-0.2, -0.15) is 0 Å². The first-order valence-corrected chi connectivity index (χ1v) is 7.50. The second-order valence-electron chi connectivity index (χ2n) is 5.89. The zero-order valence-corrected chi connectivity index (χ0v) is 13.7. The number of anilines is 1. The topological polar surface area (TPSA) is 50.6 Å². The summed E-state index contributed by atoms with van der Waals surface area (Å²) in [5.41, 5.74) is 3.16. The van der Waals surface area contributed by atoms with E-state index in [-0.39, 0.29) is 11.9 Å². The maximum absolute atomic E-state index is 14.3. The molecule has 3 rings (SSSR count). The van der Waals surface area contributed by atoms with Gasteiger partial charge in [-0.1, -0.05) is 0 Å². The summed E-state index contributed by atoms with van der Waals surface area (Å²) < 4.78 is 19.7. The molecule has 1 aliphatic rings.